The molecule has 0 radical (unpaired) electrons. The summed E-state index contributed by atoms with van der Waals surface area (Å²) in [6.07, 6.45) is 1.68. The Morgan fingerprint density at radius 1 is 1.18 bits per heavy atom. The van der Waals surface area contributed by atoms with E-state index in [9.17, 15) is 19.1 Å². The smallest absolute Gasteiger partial charge is 0.338 e. The van der Waals surface area contributed by atoms with Crippen molar-refractivity contribution in [2.75, 3.05) is 46.1 Å². The molecule has 230 valence electrons. The van der Waals surface area contributed by atoms with Crippen molar-refractivity contribution in [3.63, 3.8) is 0 Å². The highest BCUT2D eigenvalue weighted by molar-refractivity contribution is 9.10. The van der Waals surface area contributed by atoms with E-state index in [1.807, 2.05) is 10.3 Å². The fourth-order valence-corrected chi connectivity index (χ4v) is 6.72. The summed E-state index contributed by atoms with van der Waals surface area (Å²) >= 11 is 4.86. The molecular weight excluding hydrogens is 657 g/mol. The second kappa shape index (κ2) is 13.0. The van der Waals surface area contributed by atoms with Crippen molar-refractivity contribution in [3.05, 3.63) is 85.7 Å². The fraction of sp³-hybridized carbons (Fsp3) is 0.333. The Hall–Kier alpha value is -3.85. The minimum atomic E-state index is -0.949. The van der Waals surface area contributed by atoms with Gasteiger partial charge >= 0.3 is 11.9 Å². The molecular formula is C30H29BrFN5O6S. The fourth-order valence-electron chi connectivity index (χ4n) is 5.56. The Morgan fingerprint density at radius 2 is 1.98 bits per heavy atom. The van der Waals surface area contributed by atoms with Crippen LogP contribution >= 0.6 is 27.3 Å². The number of amidine groups is 1. The van der Waals surface area contributed by atoms with E-state index in [1.54, 1.807) is 37.4 Å². The van der Waals surface area contributed by atoms with Gasteiger partial charge in [-0.3, -0.25) is 19.6 Å². The number of hydrogen-bond donors (Lipinski definition) is 2. The molecule has 0 bridgehead atoms. The van der Waals surface area contributed by atoms with E-state index >= 15 is 0 Å². The van der Waals surface area contributed by atoms with Crippen molar-refractivity contribution in [2.24, 2.45) is 4.99 Å². The lowest BCUT2D eigenvalue weighted by molar-refractivity contribution is -0.144. The van der Waals surface area contributed by atoms with Crippen LogP contribution in [0.1, 0.15) is 35.1 Å². The van der Waals surface area contributed by atoms with Crippen LogP contribution in [0.3, 0.4) is 0 Å². The third-order valence-corrected chi connectivity index (χ3v) is 9.08. The first kappa shape index (κ1) is 30.2. The predicted octanol–water partition coefficient (Wildman–Crippen LogP) is 4.13. The summed E-state index contributed by atoms with van der Waals surface area (Å²) in [6.45, 7) is 4.42. The lowest BCUT2D eigenvalue weighted by atomic mass is 9.95. The highest BCUT2D eigenvalue weighted by Gasteiger charge is 2.36. The molecule has 14 heteroatoms. The summed E-state index contributed by atoms with van der Waals surface area (Å²) in [5.74, 6) is -0.258. The number of esters is 1. The minimum Gasteiger partial charge on any atom is -0.480 e. The van der Waals surface area contributed by atoms with Crippen LogP contribution in [0, 0.1) is 5.82 Å². The van der Waals surface area contributed by atoms with E-state index in [4.69, 9.17) is 19.2 Å². The molecule has 1 fully saturated rings. The van der Waals surface area contributed by atoms with Crippen LogP contribution in [0.25, 0.3) is 0 Å². The summed E-state index contributed by atoms with van der Waals surface area (Å²) < 4.78 is 30.8. The number of thiazole rings is 1. The molecule has 2 atom stereocenters. The average molecular weight is 687 g/mol. The average Bonchev–Trinajstić information content (AvgIpc) is 3.70. The van der Waals surface area contributed by atoms with Crippen LogP contribution in [0.15, 0.2) is 68.7 Å². The van der Waals surface area contributed by atoms with E-state index in [-0.39, 0.29) is 13.4 Å². The monoisotopic (exact) mass is 685 g/mol. The zero-order chi connectivity index (χ0) is 30.8. The minimum absolute atomic E-state index is 0.112. The number of rotatable bonds is 9. The Balaban J connectivity index is 1.27. The number of aliphatic carboxylic acids is 1. The highest BCUT2D eigenvalue weighted by Crippen LogP contribution is 2.38. The number of carboxylic acids is 1. The summed E-state index contributed by atoms with van der Waals surface area (Å²) in [5.41, 5.74) is 2.16. The number of benzene rings is 2. The lowest BCUT2D eigenvalue weighted by Gasteiger charge is -2.39. The second-order valence-corrected chi connectivity index (χ2v) is 12.0. The maximum atomic E-state index is 14.0. The third-order valence-electron chi connectivity index (χ3n) is 7.61. The third kappa shape index (κ3) is 6.20. The number of piperazine rings is 1. The van der Waals surface area contributed by atoms with Gasteiger partial charge in [-0.15, -0.1) is 11.3 Å². The van der Waals surface area contributed by atoms with Gasteiger partial charge in [-0.25, -0.2) is 14.2 Å². The molecule has 2 aromatic carbocycles. The van der Waals surface area contributed by atoms with Gasteiger partial charge in [0.1, 0.15) is 17.9 Å². The Bertz CT molecular complexity index is 1630. The predicted molar refractivity (Wildman–Crippen MR) is 163 cm³/mol. The normalized spacial score (nSPS) is 19.3. The zero-order valence-corrected chi connectivity index (χ0v) is 26.1. The van der Waals surface area contributed by atoms with E-state index in [0.717, 1.165) is 0 Å². The number of fused-ring (bicyclic) bond motifs is 1. The van der Waals surface area contributed by atoms with Gasteiger partial charge in [0.15, 0.2) is 22.3 Å². The van der Waals surface area contributed by atoms with Gasteiger partial charge < -0.3 is 24.6 Å². The number of nitrogens with one attached hydrogen (secondary N) is 1. The molecule has 0 aliphatic carbocycles. The zero-order valence-electron chi connectivity index (χ0n) is 23.7. The Morgan fingerprint density at radius 3 is 2.68 bits per heavy atom. The molecule has 6 rings (SSSR count). The van der Waals surface area contributed by atoms with Crippen molar-refractivity contribution >= 4 is 45.0 Å². The number of carbonyl (C=O) groups is 2. The Kier molecular flexibility index (Phi) is 8.93. The summed E-state index contributed by atoms with van der Waals surface area (Å²) in [6, 6.07) is 7.88. The molecule has 3 aliphatic rings. The van der Waals surface area contributed by atoms with Gasteiger partial charge in [0, 0.05) is 54.5 Å². The van der Waals surface area contributed by atoms with Crippen LogP contribution in [-0.4, -0.2) is 83.8 Å². The largest absolute Gasteiger partial charge is 0.480 e. The van der Waals surface area contributed by atoms with Crippen molar-refractivity contribution in [2.45, 2.75) is 19.0 Å². The molecule has 2 unspecified atom stereocenters. The van der Waals surface area contributed by atoms with Crippen molar-refractivity contribution in [3.8, 4) is 11.5 Å². The molecule has 11 nitrogen and oxygen atoms in total. The van der Waals surface area contributed by atoms with Gasteiger partial charge in [-0.05, 0) is 42.3 Å². The number of hydrogen-bond acceptors (Lipinski definition) is 11. The first-order chi connectivity index (χ1) is 21.3. The van der Waals surface area contributed by atoms with Crippen LogP contribution < -0.4 is 14.8 Å². The quantitative estimate of drug-likeness (QED) is 0.318. The number of nitrogens with zero attached hydrogens (tertiary/aromatic N) is 4. The summed E-state index contributed by atoms with van der Waals surface area (Å²) in [5, 5.41) is 16.0. The second-order valence-electron chi connectivity index (χ2n) is 10.3. The first-order valence-electron chi connectivity index (χ1n) is 14.0. The molecule has 2 N–H and O–H groups in total. The van der Waals surface area contributed by atoms with Gasteiger partial charge in [-0.2, -0.15) is 0 Å². The molecule has 0 saturated carbocycles. The van der Waals surface area contributed by atoms with Crippen LogP contribution in [0.2, 0.25) is 0 Å². The molecule has 44 heavy (non-hydrogen) atoms. The molecule has 3 aliphatic heterocycles. The van der Waals surface area contributed by atoms with Crippen LogP contribution in [0.4, 0.5) is 4.39 Å². The lowest BCUT2D eigenvalue weighted by Crippen LogP contribution is -2.51. The van der Waals surface area contributed by atoms with Crippen LogP contribution in [-0.2, 0) is 14.3 Å². The maximum absolute atomic E-state index is 14.0. The molecule has 4 heterocycles. The number of ether oxygens (including phenoxy) is 3. The van der Waals surface area contributed by atoms with Gasteiger partial charge in [0.25, 0.3) is 0 Å². The topological polar surface area (TPSA) is 126 Å². The van der Waals surface area contributed by atoms with Crippen molar-refractivity contribution in [1.82, 2.24) is 20.1 Å². The Labute approximate surface area is 265 Å². The molecule has 1 saturated heterocycles. The van der Waals surface area contributed by atoms with Crippen molar-refractivity contribution in [1.29, 1.82) is 0 Å². The van der Waals surface area contributed by atoms with Gasteiger partial charge in [-0.1, -0.05) is 28.1 Å². The molecule has 0 amide bonds. The standard InChI is InChI=1S/C30H29BrFN5O6S/c1-2-41-30(40)24-21(34-27(28-33-7-12-44-28)35-25(24)19-5-4-18(32)14-20(19)31)15-36-8-10-37(11-9-36)26(29(38)39)17-3-6-22-23(13-17)43-16-42-22/h3-7,12-14,25-26H,2,8-11,15-16H2,1H3,(H,34,35)(H,38,39). The molecule has 3 aromatic rings. The number of aliphatic imine (C=N–C) groups is 1. The number of halogens is 2. The van der Waals surface area contributed by atoms with Crippen molar-refractivity contribution < 1.29 is 33.3 Å². The summed E-state index contributed by atoms with van der Waals surface area (Å²) in [4.78, 5) is 39.2. The molecule has 0 spiro atoms. The molecule has 1 aromatic heterocycles. The SMILES string of the molecule is CCOC(=O)C1=C(CN2CCN(C(C(=O)O)c3ccc4c(c3)OCO4)CC2)NC(c2nccs2)=NC1c1ccc(F)cc1Br. The van der Waals surface area contributed by atoms with E-state index in [0.29, 0.717) is 81.9 Å². The number of carboxylic acid groups (broad SMARTS) is 1. The van der Waals surface area contributed by atoms with E-state index < -0.39 is 29.8 Å². The first-order valence-corrected chi connectivity index (χ1v) is 15.7. The van der Waals surface area contributed by atoms with Gasteiger partial charge in [0.2, 0.25) is 6.79 Å². The number of aromatic nitrogens is 1. The maximum Gasteiger partial charge on any atom is 0.338 e. The van der Waals surface area contributed by atoms with E-state index in [1.165, 1.54) is 23.5 Å². The van der Waals surface area contributed by atoms with Crippen LogP contribution in [0.5, 0.6) is 11.5 Å². The highest BCUT2D eigenvalue weighted by atomic mass is 79.9. The summed E-state index contributed by atoms with van der Waals surface area (Å²) in [7, 11) is 0. The van der Waals surface area contributed by atoms with E-state index in [2.05, 4.69) is 31.1 Å². The van der Waals surface area contributed by atoms with Gasteiger partial charge in [0.05, 0.1) is 12.2 Å². The number of carbonyl (C=O) groups excluding carboxylic acids is 1.